The number of carboxylic acids is 1. The van der Waals surface area contributed by atoms with Gasteiger partial charge in [0, 0.05) is 24.4 Å². The molecule has 0 unspecified atom stereocenters. The normalized spacial score (nSPS) is 12.1. The van der Waals surface area contributed by atoms with E-state index in [1.54, 1.807) is 56.4 Å². The lowest BCUT2D eigenvalue weighted by molar-refractivity contribution is 0.0686. The van der Waals surface area contributed by atoms with Crippen molar-refractivity contribution in [3.05, 3.63) is 65.5 Å². The van der Waals surface area contributed by atoms with E-state index in [1.807, 2.05) is 0 Å². The molecule has 0 bridgehead atoms. The van der Waals surface area contributed by atoms with Crippen LogP contribution in [0.2, 0.25) is 0 Å². The molecule has 1 aliphatic heterocycles. The Morgan fingerprint density at radius 2 is 1.89 bits per heavy atom. The zero-order chi connectivity index (χ0) is 19.8. The second-order valence-corrected chi connectivity index (χ2v) is 6.34. The lowest BCUT2D eigenvalue weighted by atomic mass is 10.1. The van der Waals surface area contributed by atoms with E-state index < -0.39 is 5.97 Å². The van der Waals surface area contributed by atoms with Crippen molar-refractivity contribution in [2.24, 2.45) is 0 Å². The zero-order valence-corrected chi connectivity index (χ0v) is 15.2. The van der Waals surface area contributed by atoms with Gasteiger partial charge in [-0.3, -0.25) is 4.79 Å². The third-order valence-corrected chi connectivity index (χ3v) is 4.44. The molecule has 0 aliphatic carbocycles. The molecule has 0 saturated heterocycles. The first-order valence-corrected chi connectivity index (χ1v) is 8.52. The largest absolute Gasteiger partial charge is 0.477 e. The number of benzene rings is 2. The van der Waals surface area contributed by atoms with Crippen LogP contribution in [0.3, 0.4) is 0 Å². The molecule has 3 aromatic rings. The highest BCUT2D eigenvalue weighted by molar-refractivity contribution is 6.06. The maximum atomic E-state index is 13.0. The average Bonchev–Trinajstić information content (AvgIpc) is 3.32. The molecule has 2 aromatic carbocycles. The summed E-state index contributed by atoms with van der Waals surface area (Å²) >= 11 is 0. The van der Waals surface area contributed by atoms with Crippen LogP contribution < -0.4 is 14.4 Å². The van der Waals surface area contributed by atoms with Gasteiger partial charge in [0.25, 0.3) is 5.91 Å². The minimum absolute atomic E-state index is 0.0335. The number of hydrogen-bond donors (Lipinski definition) is 1. The summed E-state index contributed by atoms with van der Waals surface area (Å²) in [6.45, 7) is 1.87. The molecule has 1 aliphatic rings. The minimum atomic E-state index is -1.09. The van der Waals surface area contributed by atoms with E-state index in [2.05, 4.69) is 5.10 Å². The molecule has 0 radical (unpaired) electrons. The summed E-state index contributed by atoms with van der Waals surface area (Å²) in [7, 11) is 1.66. The van der Waals surface area contributed by atoms with Gasteiger partial charge < -0.3 is 19.5 Å². The molecule has 28 heavy (non-hydrogen) atoms. The molecule has 8 heteroatoms. The number of carbonyl (C=O) groups excluding carboxylic acids is 1. The van der Waals surface area contributed by atoms with Gasteiger partial charge in [0.2, 0.25) is 6.79 Å². The van der Waals surface area contributed by atoms with Crippen molar-refractivity contribution in [3.8, 4) is 17.2 Å². The highest BCUT2D eigenvalue weighted by Crippen LogP contribution is 2.35. The van der Waals surface area contributed by atoms with Crippen LogP contribution in [0.1, 0.15) is 26.5 Å². The minimum Gasteiger partial charge on any atom is -0.477 e. The highest BCUT2D eigenvalue weighted by Gasteiger charge is 2.20. The molecule has 1 N–H and O–H groups in total. The van der Waals surface area contributed by atoms with E-state index in [9.17, 15) is 14.7 Å². The van der Waals surface area contributed by atoms with Crippen LogP contribution >= 0.6 is 0 Å². The highest BCUT2D eigenvalue weighted by atomic mass is 16.7. The fourth-order valence-corrected chi connectivity index (χ4v) is 3.02. The Morgan fingerprint density at radius 3 is 2.68 bits per heavy atom. The number of carboxylic acid groups (broad SMARTS) is 1. The number of aromatic carboxylic acids is 1. The van der Waals surface area contributed by atoms with E-state index in [0.717, 1.165) is 0 Å². The Hall–Kier alpha value is -3.81. The van der Waals surface area contributed by atoms with Gasteiger partial charge in [-0.25, -0.2) is 9.48 Å². The van der Waals surface area contributed by atoms with Gasteiger partial charge in [0.05, 0.1) is 11.4 Å². The predicted molar refractivity (Wildman–Crippen MR) is 101 cm³/mol. The number of carbonyl (C=O) groups is 2. The number of fused-ring (bicyclic) bond motifs is 1. The van der Waals surface area contributed by atoms with Crippen LogP contribution in [-0.2, 0) is 0 Å². The fourth-order valence-electron chi connectivity index (χ4n) is 3.02. The molecule has 0 atom stereocenters. The smallest absolute Gasteiger partial charge is 0.354 e. The Bertz CT molecular complexity index is 1090. The summed E-state index contributed by atoms with van der Waals surface area (Å²) in [5.41, 5.74) is 2.16. The van der Waals surface area contributed by atoms with Crippen molar-refractivity contribution in [1.29, 1.82) is 0 Å². The van der Waals surface area contributed by atoms with Crippen molar-refractivity contribution in [1.82, 2.24) is 9.78 Å². The maximum Gasteiger partial charge on any atom is 0.354 e. The van der Waals surface area contributed by atoms with Crippen LogP contribution in [0.25, 0.3) is 5.69 Å². The monoisotopic (exact) mass is 379 g/mol. The van der Waals surface area contributed by atoms with Crippen LogP contribution in [0.5, 0.6) is 11.5 Å². The predicted octanol–water partition coefficient (Wildman–Crippen LogP) is 2.88. The van der Waals surface area contributed by atoms with Gasteiger partial charge in [-0.15, -0.1) is 0 Å². The van der Waals surface area contributed by atoms with Gasteiger partial charge in [0.1, 0.15) is 0 Å². The molecule has 1 aromatic heterocycles. The van der Waals surface area contributed by atoms with E-state index in [-0.39, 0.29) is 18.4 Å². The third-order valence-electron chi connectivity index (χ3n) is 4.44. The average molecular weight is 379 g/mol. The molecule has 8 nitrogen and oxygen atoms in total. The van der Waals surface area contributed by atoms with Crippen molar-refractivity contribution in [2.45, 2.75) is 6.92 Å². The number of hydrogen-bond acceptors (Lipinski definition) is 5. The Morgan fingerprint density at radius 1 is 1.11 bits per heavy atom. The number of amides is 1. The Kier molecular flexibility index (Phi) is 4.23. The Labute approximate surface area is 160 Å². The molecular weight excluding hydrogens is 362 g/mol. The number of nitrogens with zero attached hydrogens (tertiary/aromatic N) is 3. The first-order chi connectivity index (χ1) is 13.4. The number of rotatable bonds is 4. The molecule has 0 saturated carbocycles. The molecule has 1 amide bonds. The second kappa shape index (κ2) is 6.73. The van der Waals surface area contributed by atoms with Crippen molar-refractivity contribution >= 4 is 17.6 Å². The van der Waals surface area contributed by atoms with Crippen LogP contribution in [0.4, 0.5) is 5.69 Å². The molecule has 0 spiro atoms. The molecule has 142 valence electrons. The summed E-state index contributed by atoms with van der Waals surface area (Å²) in [4.78, 5) is 25.9. The van der Waals surface area contributed by atoms with Gasteiger partial charge in [-0.05, 0) is 43.3 Å². The summed E-state index contributed by atoms with van der Waals surface area (Å²) in [5.74, 6) is -0.109. The van der Waals surface area contributed by atoms with E-state index in [4.69, 9.17) is 9.47 Å². The van der Waals surface area contributed by atoms with Crippen molar-refractivity contribution < 1.29 is 24.2 Å². The van der Waals surface area contributed by atoms with Crippen LogP contribution in [0, 0.1) is 6.92 Å². The van der Waals surface area contributed by atoms with E-state index >= 15 is 0 Å². The van der Waals surface area contributed by atoms with Gasteiger partial charge in [-0.1, -0.05) is 6.07 Å². The third kappa shape index (κ3) is 3.05. The van der Waals surface area contributed by atoms with E-state index in [0.29, 0.717) is 34.1 Å². The Balaban J connectivity index is 1.66. The van der Waals surface area contributed by atoms with E-state index in [1.165, 1.54) is 15.6 Å². The van der Waals surface area contributed by atoms with Crippen molar-refractivity contribution in [3.63, 3.8) is 0 Å². The maximum absolute atomic E-state index is 13.0. The lowest BCUT2D eigenvalue weighted by Gasteiger charge is -2.18. The van der Waals surface area contributed by atoms with Gasteiger partial charge in [-0.2, -0.15) is 5.10 Å². The topological polar surface area (TPSA) is 93.9 Å². The summed E-state index contributed by atoms with van der Waals surface area (Å²) in [6.07, 6.45) is 0. The second-order valence-electron chi connectivity index (χ2n) is 6.34. The lowest BCUT2D eigenvalue weighted by Crippen LogP contribution is -2.26. The molecule has 2 heterocycles. The molecular formula is C20H17N3O5. The van der Waals surface area contributed by atoms with Crippen LogP contribution in [-0.4, -0.2) is 40.6 Å². The summed E-state index contributed by atoms with van der Waals surface area (Å²) in [6, 6.07) is 13.4. The standard InChI is InChI=1S/C20H17N3O5/c1-12-8-16(20(25)26)23(21-12)15-5-3-4-13(9-15)19(24)22(2)14-6-7-17-18(10-14)28-11-27-17/h3-10H,11H2,1-2H3,(H,25,26). The SMILES string of the molecule is Cc1cc(C(=O)O)n(-c2cccc(C(=O)N(C)c3ccc4c(c3)OCO4)c2)n1. The number of ether oxygens (including phenoxy) is 2. The molecule has 0 fully saturated rings. The zero-order valence-electron chi connectivity index (χ0n) is 15.2. The van der Waals surface area contributed by atoms with Crippen LogP contribution in [0.15, 0.2) is 48.5 Å². The van der Waals surface area contributed by atoms with Gasteiger partial charge >= 0.3 is 5.97 Å². The van der Waals surface area contributed by atoms with Crippen molar-refractivity contribution in [2.75, 3.05) is 18.7 Å². The number of aryl methyl sites for hydroxylation is 1. The first kappa shape index (κ1) is 17.6. The van der Waals surface area contributed by atoms with Gasteiger partial charge in [0.15, 0.2) is 17.2 Å². The first-order valence-electron chi connectivity index (χ1n) is 8.52. The summed E-state index contributed by atoms with van der Waals surface area (Å²) in [5, 5.41) is 13.6. The molecule has 4 rings (SSSR count). The number of anilines is 1. The number of aromatic nitrogens is 2. The fraction of sp³-hybridized carbons (Fsp3) is 0.150. The summed E-state index contributed by atoms with van der Waals surface area (Å²) < 4.78 is 12.0. The quantitative estimate of drug-likeness (QED) is 0.749.